The molecule has 10 heteroatoms. The van der Waals surface area contributed by atoms with Crippen LogP contribution in [0.25, 0.3) is 10.9 Å². The van der Waals surface area contributed by atoms with Crippen LogP contribution in [0.4, 0.5) is 5.69 Å². The van der Waals surface area contributed by atoms with E-state index in [1.807, 2.05) is 42.5 Å². The molecule has 8 nitrogen and oxygen atoms in total. The van der Waals surface area contributed by atoms with Crippen LogP contribution in [0.5, 0.6) is 11.6 Å². The molecule has 2 aliphatic rings. The van der Waals surface area contributed by atoms with Crippen LogP contribution in [0.3, 0.4) is 0 Å². The summed E-state index contributed by atoms with van der Waals surface area (Å²) in [6, 6.07) is 13.4. The Labute approximate surface area is 211 Å². The van der Waals surface area contributed by atoms with E-state index in [1.54, 1.807) is 7.11 Å². The number of fused-ring (bicyclic) bond motifs is 2. The predicted octanol–water partition coefficient (Wildman–Crippen LogP) is 3.83. The van der Waals surface area contributed by atoms with Crippen molar-refractivity contribution in [2.45, 2.75) is 0 Å². The molecule has 3 heterocycles. The number of likely N-dealkylation sites (N-methyl/N-ethyl adjacent to an activating group) is 1. The number of piperazine rings is 1. The van der Waals surface area contributed by atoms with Gasteiger partial charge in [-0.3, -0.25) is 4.90 Å². The van der Waals surface area contributed by atoms with Crippen LogP contribution in [0, 0.1) is 0 Å². The molecule has 182 valence electrons. The van der Waals surface area contributed by atoms with Crippen LogP contribution in [0.15, 0.2) is 52.6 Å². The van der Waals surface area contributed by atoms with Gasteiger partial charge in [-0.05, 0) is 31.3 Å². The molecular formula is C24H29Cl2N5O3. The predicted molar refractivity (Wildman–Crippen MR) is 140 cm³/mol. The summed E-state index contributed by atoms with van der Waals surface area (Å²) >= 11 is 0. The van der Waals surface area contributed by atoms with Crippen molar-refractivity contribution in [3.63, 3.8) is 0 Å². The molecule has 0 spiro atoms. The Morgan fingerprint density at radius 1 is 1.09 bits per heavy atom. The topological polar surface area (TPSA) is 85.7 Å². The van der Waals surface area contributed by atoms with Crippen molar-refractivity contribution in [2.75, 3.05) is 53.5 Å². The number of oxime groups is 1. The quantitative estimate of drug-likeness (QED) is 0.392. The van der Waals surface area contributed by atoms with Gasteiger partial charge in [-0.15, -0.1) is 24.8 Å². The van der Waals surface area contributed by atoms with E-state index in [1.165, 1.54) is 0 Å². The normalized spacial score (nSPS) is 17.1. The van der Waals surface area contributed by atoms with Crippen LogP contribution in [0.2, 0.25) is 0 Å². The SMILES string of the molecule is COc1ccc2[nH]c(O)c(C3=Nc4ccccc4/C3=N\OCCN3CCN(C)CC3)c2c1.Cl.Cl. The van der Waals surface area contributed by atoms with Crippen molar-refractivity contribution in [3.05, 3.63) is 53.6 Å². The highest BCUT2D eigenvalue weighted by atomic mass is 35.5. The van der Waals surface area contributed by atoms with Crippen LogP contribution < -0.4 is 4.74 Å². The number of aromatic hydroxyl groups is 1. The average Bonchev–Trinajstić information content (AvgIpc) is 3.33. The standard InChI is InChI=1S/C24H27N5O3.2ClH/c1-28-9-11-29(12-10-28)13-14-32-27-22-17-5-3-4-6-19(17)25-23(22)21-18-15-16(31-2)7-8-20(18)26-24(21)30;;/h3-8,15,26,30H,9-14H2,1-2H3;2*1H/b27-22+;;. The summed E-state index contributed by atoms with van der Waals surface area (Å²) in [6.07, 6.45) is 0. The fourth-order valence-electron chi connectivity index (χ4n) is 4.21. The molecule has 2 aliphatic heterocycles. The zero-order chi connectivity index (χ0) is 22.1. The number of ether oxygens (including phenoxy) is 1. The molecule has 0 atom stereocenters. The van der Waals surface area contributed by atoms with Gasteiger partial charge >= 0.3 is 0 Å². The average molecular weight is 506 g/mol. The molecule has 2 aromatic carbocycles. The first-order valence-corrected chi connectivity index (χ1v) is 10.8. The molecule has 2 N–H and O–H groups in total. The lowest BCUT2D eigenvalue weighted by molar-refractivity contribution is 0.0864. The van der Waals surface area contributed by atoms with E-state index >= 15 is 0 Å². The monoisotopic (exact) mass is 505 g/mol. The number of para-hydroxylation sites is 1. The van der Waals surface area contributed by atoms with E-state index in [0.29, 0.717) is 29.3 Å². The number of methoxy groups -OCH3 is 1. The van der Waals surface area contributed by atoms with E-state index in [2.05, 4.69) is 27.0 Å². The van der Waals surface area contributed by atoms with Crippen LogP contribution in [-0.4, -0.2) is 84.8 Å². The maximum atomic E-state index is 10.7. The van der Waals surface area contributed by atoms with Gasteiger partial charge in [0.15, 0.2) is 5.88 Å². The third-order valence-corrected chi connectivity index (χ3v) is 6.09. The third kappa shape index (κ3) is 5.00. The number of nitrogens with one attached hydrogen (secondary N) is 1. The Hall–Kier alpha value is -2.78. The fraction of sp³-hybridized carbons (Fsp3) is 0.333. The Kier molecular flexibility index (Phi) is 8.43. The summed E-state index contributed by atoms with van der Waals surface area (Å²) in [5.41, 5.74) is 4.30. The number of hydrogen-bond acceptors (Lipinski definition) is 7. The van der Waals surface area contributed by atoms with E-state index in [9.17, 15) is 5.11 Å². The minimum Gasteiger partial charge on any atom is -0.497 e. The second-order valence-corrected chi connectivity index (χ2v) is 8.16. The van der Waals surface area contributed by atoms with Gasteiger partial charge in [0.2, 0.25) is 0 Å². The number of aliphatic imine (C=N–C) groups is 1. The minimum atomic E-state index is 0. The lowest BCUT2D eigenvalue weighted by atomic mass is 10.0. The smallest absolute Gasteiger partial charge is 0.199 e. The van der Waals surface area contributed by atoms with E-state index in [4.69, 9.17) is 14.6 Å². The number of H-pyrrole nitrogens is 1. The molecule has 0 unspecified atom stereocenters. The number of nitrogens with zero attached hydrogens (tertiary/aromatic N) is 4. The molecule has 0 bridgehead atoms. The van der Waals surface area contributed by atoms with Crippen molar-refractivity contribution < 1.29 is 14.7 Å². The summed E-state index contributed by atoms with van der Waals surface area (Å²) in [7, 11) is 3.77. The highest BCUT2D eigenvalue weighted by Gasteiger charge is 2.29. The van der Waals surface area contributed by atoms with Gasteiger partial charge in [-0.25, -0.2) is 4.99 Å². The van der Waals surface area contributed by atoms with Crippen molar-refractivity contribution in [3.8, 4) is 11.6 Å². The molecule has 5 rings (SSSR count). The summed E-state index contributed by atoms with van der Waals surface area (Å²) in [4.78, 5) is 18.3. The highest BCUT2D eigenvalue weighted by molar-refractivity contribution is 6.58. The second kappa shape index (κ2) is 11.1. The van der Waals surface area contributed by atoms with Crippen molar-refractivity contribution in [1.29, 1.82) is 0 Å². The summed E-state index contributed by atoms with van der Waals surface area (Å²) in [6.45, 7) is 5.54. The first kappa shape index (κ1) is 25.8. The third-order valence-electron chi connectivity index (χ3n) is 6.09. The van der Waals surface area contributed by atoms with E-state index in [-0.39, 0.29) is 30.7 Å². The van der Waals surface area contributed by atoms with Crippen molar-refractivity contribution in [2.24, 2.45) is 10.1 Å². The first-order chi connectivity index (χ1) is 15.6. The highest BCUT2D eigenvalue weighted by Crippen LogP contribution is 2.36. The molecule has 34 heavy (non-hydrogen) atoms. The number of aromatic nitrogens is 1. The van der Waals surface area contributed by atoms with Gasteiger partial charge in [0.25, 0.3) is 0 Å². The first-order valence-electron chi connectivity index (χ1n) is 10.8. The zero-order valence-electron chi connectivity index (χ0n) is 19.2. The Bertz CT molecular complexity index is 1200. The lowest BCUT2D eigenvalue weighted by Gasteiger charge is -2.31. The van der Waals surface area contributed by atoms with Gasteiger partial charge in [-0.2, -0.15) is 0 Å². The number of rotatable bonds is 6. The van der Waals surface area contributed by atoms with E-state index < -0.39 is 0 Å². The van der Waals surface area contributed by atoms with Crippen LogP contribution >= 0.6 is 24.8 Å². The molecule has 1 fully saturated rings. The number of aromatic amines is 1. The maximum Gasteiger partial charge on any atom is 0.199 e. The van der Waals surface area contributed by atoms with Gasteiger partial charge in [0.05, 0.1) is 18.4 Å². The number of halogens is 2. The molecule has 1 saturated heterocycles. The van der Waals surface area contributed by atoms with Crippen molar-refractivity contribution >= 4 is 52.8 Å². The molecule has 0 radical (unpaired) electrons. The molecule has 0 aliphatic carbocycles. The van der Waals surface area contributed by atoms with E-state index in [0.717, 1.165) is 54.9 Å². The largest absolute Gasteiger partial charge is 0.497 e. The Balaban J connectivity index is 0.00000162. The van der Waals surface area contributed by atoms with Gasteiger partial charge in [-0.1, -0.05) is 23.4 Å². The Morgan fingerprint density at radius 3 is 2.62 bits per heavy atom. The molecule has 3 aromatic rings. The Morgan fingerprint density at radius 2 is 1.85 bits per heavy atom. The number of hydrogen-bond donors (Lipinski definition) is 2. The second-order valence-electron chi connectivity index (χ2n) is 8.16. The lowest BCUT2D eigenvalue weighted by Crippen LogP contribution is -2.45. The van der Waals surface area contributed by atoms with Crippen LogP contribution in [0.1, 0.15) is 11.1 Å². The summed E-state index contributed by atoms with van der Waals surface area (Å²) in [5, 5.41) is 16.0. The van der Waals surface area contributed by atoms with Crippen LogP contribution in [-0.2, 0) is 4.84 Å². The van der Waals surface area contributed by atoms with Gasteiger partial charge in [0, 0.05) is 49.2 Å². The minimum absolute atomic E-state index is 0. The van der Waals surface area contributed by atoms with Crippen molar-refractivity contribution in [1.82, 2.24) is 14.8 Å². The molecule has 0 saturated carbocycles. The molecular weight excluding hydrogens is 477 g/mol. The zero-order valence-corrected chi connectivity index (χ0v) is 20.8. The fourth-order valence-corrected chi connectivity index (χ4v) is 4.21. The molecule has 1 aromatic heterocycles. The van der Waals surface area contributed by atoms with Gasteiger partial charge in [0.1, 0.15) is 23.8 Å². The molecule has 0 amide bonds. The van der Waals surface area contributed by atoms with Gasteiger partial charge < -0.3 is 24.6 Å². The maximum absolute atomic E-state index is 10.7. The number of benzene rings is 2. The summed E-state index contributed by atoms with van der Waals surface area (Å²) in [5.74, 6) is 0.751. The summed E-state index contributed by atoms with van der Waals surface area (Å²) < 4.78 is 5.38.